The predicted molar refractivity (Wildman–Crippen MR) is 145 cm³/mol. The summed E-state index contributed by atoms with van der Waals surface area (Å²) in [7, 11) is 0. The first-order valence-electron chi connectivity index (χ1n) is 12.2. The van der Waals surface area contributed by atoms with Crippen molar-refractivity contribution in [1.82, 2.24) is 0 Å². The zero-order valence-corrected chi connectivity index (χ0v) is 21.9. The number of thiol groups is 1. The Kier molecular flexibility index (Phi) is 10.1. The number of anilines is 1. The van der Waals surface area contributed by atoms with Gasteiger partial charge in [-0.15, -0.1) is 0 Å². The summed E-state index contributed by atoms with van der Waals surface area (Å²) in [5.41, 5.74) is 1.08. The molecule has 11 heteroatoms. The van der Waals surface area contributed by atoms with E-state index in [2.05, 4.69) is 17.9 Å². The molecule has 3 aromatic carbocycles. The van der Waals surface area contributed by atoms with E-state index in [4.69, 9.17) is 33.5 Å². The third-order valence-corrected chi connectivity index (χ3v) is 5.84. The molecule has 0 saturated heterocycles. The zero-order chi connectivity index (χ0) is 27.5. The molecular weight excluding hydrogens is 526 g/mol. The number of benzene rings is 3. The molecule has 10 nitrogen and oxygen atoms in total. The van der Waals surface area contributed by atoms with Gasteiger partial charge in [-0.2, -0.15) is 12.6 Å². The molecule has 1 heterocycles. The van der Waals surface area contributed by atoms with E-state index >= 15 is 0 Å². The number of esters is 1. The fourth-order valence-electron chi connectivity index (χ4n) is 3.79. The van der Waals surface area contributed by atoms with Crippen LogP contribution in [-0.2, 0) is 14.3 Å². The molecule has 4 rings (SSSR count). The molecular formula is C28H29NO9S. The van der Waals surface area contributed by atoms with Crippen molar-refractivity contribution >= 4 is 30.4 Å². The van der Waals surface area contributed by atoms with Crippen molar-refractivity contribution < 1.29 is 43.1 Å². The number of ether oxygens (including phenoxy) is 6. The number of hydrogen-bond donors (Lipinski definition) is 3. The van der Waals surface area contributed by atoms with E-state index < -0.39 is 24.3 Å². The van der Waals surface area contributed by atoms with Gasteiger partial charge in [-0.1, -0.05) is 30.3 Å². The van der Waals surface area contributed by atoms with Crippen LogP contribution in [0.1, 0.15) is 18.1 Å². The van der Waals surface area contributed by atoms with E-state index in [1.165, 1.54) is 0 Å². The molecule has 0 bridgehead atoms. The van der Waals surface area contributed by atoms with Crippen LogP contribution >= 0.6 is 12.6 Å². The third-order valence-electron chi connectivity index (χ3n) is 5.58. The average molecular weight is 556 g/mol. The van der Waals surface area contributed by atoms with Gasteiger partial charge in [0.15, 0.2) is 17.6 Å². The molecule has 39 heavy (non-hydrogen) atoms. The maximum atomic E-state index is 13.1. The smallest absolute Gasteiger partial charge is 0.412 e. The summed E-state index contributed by atoms with van der Waals surface area (Å²) < 4.78 is 33.5. The number of hydrogen-bond acceptors (Lipinski definition) is 10. The van der Waals surface area contributed by atoms with Crippen molar-refractivity contribution in [2.45, 2.75) is 18.6 Å². The maximum Gasteiger partial charge on any atom is 0.412 e. The highest BCUT2D eigenvalue weighted by molar-refractivity contribution is 7.81. The number of carbonyl (C=O) groups excluding carboxylic acids is 2. The minimum absolute atomic E-state index is 0.0260. The first kappa shape index (κ1) is 27.9. The summed E-state index contributed by atoms with van der Waals surface area (Å²) >= 11 is 3.94. The molecule has 0 aliphatic carbocycles. The standard InChI is InChI=1S/C28H29NO9S/c30-13-15-33-21-9-6-19(7-10-21)27(38-28(32)29-20-8-11-23-25(16-20)36-18-35-23)24(12-14-34-26(31)17-39)37-22-4-2-1-3-5-22/h1-11,16,24,27,30,39H,12-15,17-18H2,(H,29,32)/t24-,27-/m1/s1. The molecule has 1 aliphatic rings. The summed E-state index contributed by atoms with van der Waals surface area (Å²) in [6.45, 7) is 0.164. The number of amides is 1. The lowest BCUT2D eigenvalue weighted by Crippen LogP contribution is -2.32. The summed E-state index contributed by atoms with van der Waals surface area (Å²) in [5, 5.41) is 11.7. The van der Waals surface area contributed by atoms with Crippen LogP contribution in [0.3, 0.4) is 0 Å². The van der Waals surface area contributed by atoms with Crippen molar-refractivity contribution in [3.05, 3.63) is 78.4 Å². The fourth-order valence-corrected chi connectivity index (χ4v) is 3.88. The summed E-state index contributed by atoms with van der Waals surface area (Å²) in [4.78, 5) is 24.8. The van der Waals surface area contributed by atoms with Gasteiger partial charge in [0.25, 0.3) is 0 Å². The Morgan fingerprint density at radius 3 is 2.46 bits per heavy atom. The van der Waals surface area contributed by atoms with Gasteiger partial charge in [0.05, 0.1) is 19.0 Å². The third kappa shape index (κ3) is 8.20. The summed E-state index contributed by atoms with van der Waals surface area (Å²) in [6, 6.07) is 21.0. The predicted octanol–water partition coefficient (Wildman–Crippen LogP) is 4.39. The molecule has 1 aliphatic heterocycles. The Morgan fingerprint density at radius 1 is 0.949 bits per heavy atom. The van der Waals surface area contributed by atoms with Gasteiger partial charge in [-0.05, 0) is 42.0 Å². The number of aliphatic hydroxyl groups is 1. The number of aliphatic hydroxyl groups excluding tert-OH is 1. The first-order chi connectivity index (χ1) is 19.1. The molecule has 1 amide bonds. The van der Waals surface area contributed by atoms with Gasteiger partial charge in [0.1, 0.15) is 24.2 Å². The number of nitrogens with one attached hydrogen (secondary N) is 1. The van der Waals surface area contributed by atoms with Gasteiger partial charge in [0, 0.05) is 18.2 Å². The van der Waals surface area contributed by atoms with Crippen molar-refractivity contribution in [1.29, 1.82) is 0 Å². The highest BCUT2D eigenvalue weighted by Gasteiger charge is 2.30. The second kappa shape index (κ2) is 14.2. The molecule has 0 saturated carbocycles. The van der Waals surface area contributed by atoms with Gasteiger partial charge < -0.3 is 33.5 Å². The summed E-state index contributed by atoms with van der Waals surface area (Å²) in [5.74, 6) is 1.66. The quantitative estimate of drug-likeness (QED) is 0.208. The van der Waals surface area contributed by atoms with Crippen molar-refractivity contribution in [2.75, 3.05) is 37.7 Å². The average Bonchev–Trinajstić information content (AvgIpc) is 3.43. The van der Waals surface area contributed by atoms with Crippen LogP contribution in [0.15, 0.2) is 72.8 Å². The van der Waals surface area contributed by atoms with E-state index in [1.54, 1.807) is 54.6 Å². The minimum Gasteiger partial charge on any atom is -0.491 e. The molecule has 206 valence electrons. The Labute approximate surface area is 231 Å². The van der Waals surface area contributed by atoms with Crippen molar-refractivity contribution in [2.24, 2.45) is 0 Å². The Balaban J connectivity index is 1.57. The number of fused-ring (bicyclic) bond motifs is 1. The van der Waals surface area contributed by atoms with Crippen LogP contribution in [0.4, 0.5) is 10.5 Å². The van der Waals surface area contributed by atoms with E-state index in [1.807, 2.05) is 18.2 Å². The van der Waals surface area contributed by atoms with Crippen LogP contribution in [0, 0.1) is 0 Å². The van der Waals surface area contributed by atoms with E-state index in [-0.39, 0.29) is 38.8 Å². The van der Waals surface area contributed by atoms with E-state index in [0.717, 1.165) is 0 Å². The summed E-state index contributed by atoms with van der Waals surface area (Å²) in [6.07, 6.45) is -2.14. The second-order valence-corrected chi connectivity index (χ2v) is 8.61. The van der Waals surface area contributed by atoms with Gasteiger partial charge in [-0.3, -0.25) is 10.1 Å². The number of carbonyl (C=O) groups is 2. The minimum atomic E-state index is -0.902. The highest BCUT2D eigenvalue weighted by atomic mass is 32.1. The zero-order valence-electron chi connectivity index (χ0n) is 21.0. The number of rotatable bonds is 13. The van der Waals surface area contributed by atoms with Crippen LogP contribution in [0.2, 0.25) is 0 Å². The molecule has 2 N–H and O–H groups in total. The Bertz CT molecular complexity index is 1220. The lowest BCUT2D eigenvalue weighted by atomic mass is 10.0. The molecule has 0 unspecified atom stereocenters. The van der Waals surface area contributed by atoms with Crippen LogP contribution < -0.4 is 24.3 Å². The SMILES string of the molecule is O=C(CS)OCC[C@@H](Oc1ccccc1)[C@H](OC(=O)Nc1ccc2c(c1)OCO2)c1ccc(OCCO)cc1. The Morgan fingerprint density at radius 2 is 1.72 bits per heavy atom. The normalized spacial score (nSPS) is 13.2. The van der Waals surface area contributed by atoms with Crippen LogP contribution in [0.5, 0.6) is 23.0 Å². The monoisotopic (exact) mass is 555 g/mol. The molecule has 2 atom stereocenters. The van der Waals surface area contributed by atoms with E-state index in [0.29, 0.717) is 34.2 Å². The fraction of sp³-hybridized carbons (Fsp3) is 0.286. The van der Waals surface area contributed by atoms with Gasteiger partial charge in [0.2, 0.25) is 6.79 Å². The molecule has 0 aromatic heterocycles. The van der Waals surface area contributed by atoms with Crippen LogP contribution in [-0.4, -0.2) is 55.6 Å². The van der Waals surface area contributed by atoms with Gasteiger partial charge in [-0.25, -0.2) is 4.79 Å². The highest BCUT2D eigenvalue weighted by Crippen LogP contribution is 2.35. The lowest BCUT2D eigenvalue weighted by Gasteiger charge is -2.28. The second-order valence-electron chi connectivity index (χ2n) is 8.30. The molecule has 0 fully saturated rings. The van der Waals surface area contributed by atoms with Crippen molar-refractivity contribution in [3.8, 4) is 23.0 Å². The maximum absolute atomic E-state index is 13.1. The molecule has 0 spiro atoms. The molecule has 3 aromatic rings. The van der Waals surface area contributed by atoms with Crippen LogP contribution in [0.25, 0.3) is 0 Å². The largest absolute Gasteiger partial charge is 0.491 e. The first-order valence-corrected chi connectivity index (χ1v) is 12.9. The topological polar surface area (TPSA) is 122 Å². The Hall–Kier alpha value is -4.09. The number of para-hydroxylation sites is 1. The van der Waals surface area contributed by atoms with Crippen molar-refractivity contribution in [3.63, 3.8) is 0 Å². The molecule has 0 radical (unpaired) electrons. The lowest BCUT2D eigenvalue weighted by molar-refractivity contribution is -0.141. The van der Waals surface area contributed by atoms with E-state index in [9.17, 15) is 9.59 Å². The van der Waals surface area contributed by atoms with Gasteiger partial charge >= 0.3 is 12.1 Å².